The summed E-state index contributed by atoms with van der Waals surface area (Å²) >= 11 is 6.03. The number of pyridine rings is 1. The maximum atomic E-state index is 12.5. The number of benzene rings is 1. The van der Waals surface area contributed by atoms with Gasteiger partial charge in [-0.05, 0) is 38.1 Å². The van der Waals surface area contributed by atoms with Gasteiger partial charge in [0.25, 0.3) is 5.91 Å². The first-order valence-electron chi connectivity index (χ1n) is 10.7. The standard InChI is InChI=1S/C21H24ClN5O3/c1-5-30-13(2)27-10-9-16(26-27)14-7-6-8-17(20(14)29-4)25-18-11-19(22)24-12-15(18)21(28)23-3/h6-13H,5H2,1-4H3,(H,23,28)(H,24,25)/i3D3. The van der Waals surface area contributed by atoms with Gasteiger partial charge in [-0.15, -0.1) is 0 Å². The summed E-state index contributed by atoms with van der Waals surface area (Å²) < 4.78 is 34.8. The minimum Gasteiger partial charge on any atom is -0.494 e. The van der Waals surface area contributed by atoms with Crippen LogP contribution in [0.15, 0.2) is 42.7 Å². The Hall–Kier alpha value is -3.10. The van der Waals surface area contributed by atoms with Crippen molar-refractivity contribution in [1.82, 2.24) is 20.1 Å². The lowest BCUT2D eigenvalue weighted by molar-refractivity contribution is 0.0161. The molecule has 0 saturated carbocycles. The first-order valence-corrected chi connectivity index (χ1v) is 9.60. The molecule has 3 rings (SSSR count). The third kappa shape index (κ3) is 4.55. The number of nitrogens with one attached hydrogen (secondary N) is 2. The van der Waals surface area contributed by atoms with Crippen LogP contribution in [0.4, 0.5) is 11.4 Å². The summed E-state index contributed by atoms with van der Waals surface area (Å²) in [6.45, 7) is 1.72. The van der Waals surface area contributed by atoms with Crippen molar-refractivity contribution < 1.29 is 18.4 Å². The molecule has 9 heteroatoms. The molecular weight excluding hydrogens is 406 g/mol. The van der Waals surface area contributed by atoms with Crippen molar-refractivity contribution >= 4 is 28.9 Å². The number of nitrogens with zero attached hydrogens (tertiary/aromatic N) is 3. The molecule has 0 spiro atoms. The number of amides is 1. The van der Waals surface area contributed by atoms with E-state index >= 15 is 0 Å². The minimum atomic E-state index is -2.65. The van der Waals surface area contributed by atoms with Gasteiger partial charge in [0, 0.05) is 35.7 Å². The molecule has 0 bridgehead atoms. The minimum absolute atomic E-state index is 0.0119. The molecule has 0 aliphatic heterocycles. The summed E-state index contributed by atoms with van der Waals surface area (Å²) in [4.78, 5) is 16.4. The van der Waals surface area contributed by atoms with Gasteiger partial charge in [-0.1, -0.05) is 17.7 Å². The Morgan fingerprint density at radius 1 is 1.37 bits per heavy atom. The topological polar surface area (TPSA) is 90.3 Å². The largest absolute Gasteiger partial charge is 0.494 e. The lowest BCUT2D eigenvalue weighted by atomic mass is 10.1. The number of rotatable bonds is 8. The van der Waals surface area contributed by atoms with Gasteiger partial charge in [0.05, 0.1) is 29.7 Å². The number of carbonyl (C=O) groups excluding carboxylic acids is 1. The Bertz CT molecular complexity index is 1140. The second kappa shape index (κ2) is 9.60. The van der Waals surface area contributed by atoms with Gasteiger partial charge in [0.1, 0.15) is 11.4 Å². The molecule has 2 N–H and O–H groups in total. The first-order chi connectivity index (χ1) is 15.6. The van der Waals surface area contributed by atoms with E-state index in [2.05, 4.69) is 15.4 Å². The van der Waals surface area contributed by atoms with E-state index in [0.717, 1.165) is 0 Å². The predicted octanol–water partition coefficient (Wildman–Crippen LogP) is 4.27. The molecule has 1 amide bonds. The van der Waals surface area contributed by atoms with Crippen LogP contribution in [0.25, 0.3) is 11.3 Å². The maximum Gasteiger partial charge on any atom is 0.254 e. The fourth-order valence-electron chi connectivity index (χ4n) is 2.99. The van der Waals surface area contributed by atoms with Crippen LogP contribution in [0.2, 0.25) is 5.15 Å². The molecule has 1 atom stereocenters. The quantitative estimate of drug-likeness (QED) is 0.517. The molecule has 0 saturated heterocycles. The number of methoxy groups -OCH3 is 1. The highest BCUT2D eigenvalue weighted by Crippen LogP contribution is 2.38. The third-order valence-corrected chi connectivity index (χ3v) is 4.59. The van der Waals surface area contributed by atoms with Crippen LogP contribution in [0.5, 0.6) is 5.75 Å². The maximum absolute atomic E-state index is 12.5. The number of ether oxygens (including phenoxy) is 2. The van der Waals surface area contributed by atoms with Crippen molar-refractivity contribution in [1.29, 1.82) is 0 Å². The van der Waals surface area contributed by atoms with E-state index in [-0.39, 0.29) is 22.6 Å². The van der Waals surface area contributed by atoms with Crippen LogP contribution in [-0.4, -0.2) is 41.4 Å². The van der Waals surface area contributed by atoms with E-state index in [1.165, 1.54) is 19.4 Å². The summed E-state index contributed by atoms with van der Waals surface area (Å²) in [5, 5.41) is 9.77. The highest BCUT2D eigenvalue weighted by Gasteiger charge is 2.17. The zero-order valence-corrected chi connectivity index (χ0v) is 17.5. The average molecular weight is 433 g/mol. The monoisotopic (exact) mass is 432 g/mol. The van der Waals surface area contributed by atoms with E-state index < -0.39 is 12.9 Å². The van der Waals surface area contributed by atoms with Crippen molar-refractivity contribution in [2.45, 2.75) is 20.1 Å². The Balaban J connectivity index is 1.98. The molecule has 1 unspecified atom stereocenters. The summed E-state index contributed by atoms with van der Waals surface area (Å²) in [5.41, 5.74) is 2.17. The molecule has 0 fully saturated rings. The number of para-hydroxylation sites is 1. The Labute approximate surface area is 184 Å². The molecule has 1 aromatic carbocycles. The van der Waals surface area contributed by atoms with Gasteiger partial charge < -0.3 is 20.1 Å². The Morgan fingerprint density at radius 3 is 2.93 bits per heavy atom. The molecule has 2 heterocycles. The SMILES string of the molecule is [2H]C([2H])([2H])NC(=O)c1cnc(Cl)cc1Nc1cccc(-c2ccn(C(C)OCC)n2)c1OC. The van der Waals surface area contributed by atoms with Crippen LogP contribution < -0.4 is 15.4 Å². The molecular formula is C21H24ClN5O3. The Kier molecular flexibility index (Phi) is 5.67. The molecule has 0 aliphatic carbocycles. The number of carbonyl (C=O) groups is 1. The van der Waals surface area contributed by atoms with Crippen molar-refractivity contribution in [3.8, 4) is 17.0 Å². The van der Waals surface area contributed by atoms with Gasteiger partial charge in [-0.25, -0.2) is 9.67 Å². The van der Waals surface area contributed by atoms with Crippen LogP contribution in [-0.2, 0) is 4.74 Å². The smallest absolute Gasteiger partial charge is 0.254 e. The van der Waals surface area contributed by atoms with Crippen molar-refractivity contribution in [3.05, 3.63) is 53.4 Å². The highest BCUT2D eigenvalue weighted by atomic mass is 35.5. The van der Waals surface area contributed by atoms with Crippen LogP contribution in [0, 0.1) is 0 Å². The van der Waals surface area contributed by atoms with E-state index in [4.69, 9.17) is 25.2 Å². The summed E-state index contributed by atoms with van der Waals surface area (Å²) in [6, 6.07) is 8.68. The van der Waals surface area contributed by atoms with E-state index in [1.807, 2.05) is 37.5 Å². The van der Waals surface area contributed by atoms with Crippen LogP contribution in [0.1, 0.15) is 34.5 Å². The predicted molar refractivity (Wildman–Crippen MR) is 116 cm³/mol. The summed E-state index contributed by atoms with van der Waals surface area (Å²) in [7, 11) is 1.52. The molecule has 158 valence electrons. The first kappa shape index (κ1) is 17.7. The van der Waals surface area contributed by atoms with E-state index in [9.17, 15) is 4.79 Å². The molecule has 8 nitrogen and oxygen atoms in total. The number of hydrogen-bond acceptors (Lipinski definition) is 6. The van der Waals surface area contributed by atoms with Crippen molar-refractivity contribution in [2.24, 2.45) is 0 Å². The van der Waals surface area contributed by atoms with Gasteiger partial charge in [-0.2, -0.15) is 5.10 Å². The molecule has 30 heavy (non-hydrogen) atoms. The van der Waals surface area contributed by atoms with Crippen LogP contribution in [0.3, 0.4) is 0 Å². The second-order valence-electron chi connectivity index (χ2n) is 6.25. The van der Waals surface area contributed by atoms with Gasteiger partial charge in [0.15, 0.2) is 5.75 Å². The second-order valence-corrected chi connectivity index (χ2v) is 6.64. The lowest BCUT2D eigenvalue weighted by Crippen LogP contribution is -2.19. The number of aromatic nitrogens is 3. The summed E-state index contributed by atoms with van der Waals surface area (Å²) in [5.74, 6) is -0.345. The average Bonchev–Trinajstić information content (AvgIpc) is 3.23. The summed E-state index contributed by atoms with van der Waals surface area (Å²) in [6.07, 6.45) is 2.79. The third-order valence-electron chi connectivity index (χ3n) is 4.38. The molecule has 0 radical (unpaired) electrons. The Morgan fingerprint density at radius 2 is 2.20 bits per heavy atom. The van der Waals surface area contributed by atoms with Gasteiger partial charge in [0.2, 0.25) is 0 Å². The van der Waals surface area contributed by atoms with Gasteiger partial charge >= 0.3 is 0 Å². The van der Waals surface area contributed by atoms with Gasteiger partial charge in [-0.3, -0.25) is 4.79 Å². The molecule has 0 aliphatic rings. The number of halogens is 1. The van der Waals surface area contributed by atoms with E-state index in [1.54, 1.807) is 16.8 Å². The van der Waals surface area contributed by atoms with Crippen LogP contribution >= 0.6 is 11.6 Å². The lowest BCUT2D eigenvalue weighted by Gasteiger charge is -2.16. The van der Waals surface area contributed by atoms with Crippen molar-refractivity contribution in [2.75, 3.05) is 26.0 Å². The van der Waals surface area contributed by atoms with E-state index in [0.29, 0.717) is 29.3 Å². The number of hydrogen-bond donors (Lipinski definition) is 2. The normalized spacial score (nSPS) is 13.7. The fraction of sp³-hybridized carbons (Fsp3) is 0.286. The fourth-order valence-corrected chi connectivity index (χ4v) is 3.14. The van der Waals surface area contributed by atoms with Crippen molar-refractivity contribution in [3.63, 3.8) is 0 Å². The molecule has 2 aromatic heterocycles. The zero-order valence-electron chi connectivity index (χ0n) is 19.8. The number of anilines is 2. The molecule has 3 aromatic rings. The highest BCUT2D eigenvalue weighted by molar-refractivity contribution is 6.29. The zero-order chi connectivity index (χ0) is 24.2.